The van der Waals surface area contributed by atoms with Crippen molar-refractivity contribution in [3.63, 3.8) is 0 Å². The van der Waals surface area contributed by atoms with E-state index >= 15 is 0 Å². The zero-order valence-electron chi connectivity index (χ0n) is 37.7. The number of rotatable bonds is 6. The predicted molar refractivity (Wildman–Crippen MR) is 251 cm³/mol. The average Bonchev–Trinajstić information content (AvgIpc) is 3.71. The summed E-state index contributed by atoms with van der Waals surface area (Å²) in [6, 6.07) is 54.3. The molecular formula is C55H73N. The summed E-state index contributed by atoms with van der Waals surface area (Å²) in [7, 11) is 2.24. The van der Waals surface area contributed by atoms with Crippen LogP contribution in [0.4, 0.5) is 0 Å². The SMILES string of the molecule is CC.CC.CC.CC.CC.CC.CN(Cc1cccc(C2(c3ccccc3)c3ccccc3-c3ccccc32)c1)Cc1ccc2c(c1)C(C)(C)c1ccccc1-2. The van der Waals surface area contributed by atoms with E-state index in [2.05, 4.69) is 171 Å². The lowest BCUT2D eigenvalue weighted by Gasteiger charge is -2.34. The largest absolute Gasteiger partial charge is 0.298 e. The van der Waals surface area contributed by atoms with E-state index in [1.807, 2.05) is 83.1 Å². The first-order chi connectivity index (χ1) is 27.5. The Labute approximate surface area is 343 Å². The van der Waals surface area contributed by atoms with Crippen molar-refractivity contribution >= 4 is 0 Å². The molecule has 0 N–H and O–H groups in total. The predicted octanol–water partition coefficient (Wildman–Crippen LogP) is 16.1. The van der Waals surface area contributed by atoms with Gasteiger partial charge in [-0.15, -0.1) is 0 Å². The minimum atomic E-state index is -0.358. The molecule has 0 bridgehead atoms. The Hall–Kier alpha value is -4.72. The molecule has 0 atom stereocenters. The maximum absolute atomic E-state index is 2.45. The van der Waals surface area contributed by atoms with Crippen LogP contribution < -0.4 is 0 Å². The van der Waals surface area contributed by atoms with Crippen LogP contribution in [0.2, 0.25) is 0 Å². The van der Waals surface area contributed by atoms with Crippen LogP contribution >= 0.6 is 0 Å². The molecule has 6 aromatic carbocycles. The van der Waals surface area contributed by atoms with Crippen molar-refractivity contribution in [1.82, 2.24) is 4.90 Å². The molecular weight excluding hydrogens is 675 g/mol. The molecule has 0 saturated carbocycles. The molecule has 2 aliphatic carbocycles. The van der Waals surface area contributed by atoms with Crippen molar-refractivity contribution in [3.05, 3.63) is 190 Å². The second-order valence-electron chi connectivity index (χ2n) is 13.1. The van der Waals surface area contributed by atoms with E-state index < -0.39 is 0 Å². The average molecular weight is 748 g/mol. The molecule has 0 spiro atoms. The molecule has 0 unspecified atom stereocenters. The topological polar surface area (TPSA) is 3.24 Å². The van der Waals surface area contributed by atoms with Gasteiger partial charge < -0.3 is 0 Å². The highest BCUT2D eigenvalue weighted by atomic mass is 15.1. The second kappa shape index (κ2) is 23.4. The van der Waals surface area contributed by atoms with Crippen LogP contribution in [0.5, 0.6) is 0 Å². The van der Waals surface area contributed by atoms with E-state index in [-0.39, 0.29) is 10.8 Å². The maximum Gasteiger partial charge on any atom is 0.0713 e. The van der Waals surface area contributed by atoms with Crippen molar-refractivity contribution < 1.29 is 0 Å². The summed E-state index contributed by atoms with van der Waals surface area (Å²) in [4.78, 5) is 2.45. The number of hydrogen-bond acceptors (Lipinski definition) is 1. The Kier molecular flexibility index (Phi) is 19.8. The molecule has 0 aliphatic heterocycles. The molecule has 0 radical (unpaired) electrons. The molecule has 56 heavy (non-hydrogen) atoms. The minimum Gasteiger partial charge on any atom is -0.298 e. The van der Waals surface area contributed by atoms with Crippen LogP contribution in [0.1, 0.15) is 141 Å². The van der Waals surface area contributed by atoms with Gasteiger partial charge >= 0.3 is 0 Å². The van der Waals surface area contributed by atoms with Crippen LogP contribution in [0.25, 0.3) is 22.3 Å². The minimum absolute atomic E-state index is 0.0223. The van der Waals surface area contributed by atoms with Crippen molar-refractivity contribution in [3.8, 4) is 22.3 Å². The lowest BCUT2D eigenvalue weighted by Crippen LogP contribution is -2.29. The number of fused-ring (bicyclic) bond motifs is 6. The van der Waals surface area contributed by atoms with Gasteiger partial charge in [0.25, 0.3) is 0 Å². The van der Waals surface area contributed by atoms with E-state index in [4.69, 9.17) is 0 Å². The van der Waals surface area contributed by atoms with Crippen molar-refractivity contribution in [1.29, 1.82) is 0 Å². The maximum atomic E-state index is 2.45. The number of benzene rings is 6. The van der Waals surface area contributed by atoms with Crippen LogP contribution in [-0.4, -0.2) is 11.9 Å². The highest BCUT2D eigenvalue weighted by molar-refractivity contribution is 5.86. The van der Waals surface area contributed by atoms with Gasteiger partial charge in [0, 0.05) is 18.5 Å². The van der Waals surface area contributed by atoms with Gasteiger partial charge in [0.1, 0.15) is 0 Å². The van der Waals surface area contributed by atoms with Crippen LogP contribution in [-0.2, 0) is 23.9 Å². The Bertz CT molecular complexity index is 1970. The summed E-state index contributed by atoms with van der Waals surface area (Å²) in [5.41, 5.74) is 16.0. The van der Waals surface area contributed by atoms with E-state index in [1.54, 1.807) is 0 Å². The van der Waals surface area contributed by atoms with Crippen LogP contribution in [0.15, 0.2) is 146 Å². The summed E-state index contributed by atoms with van der Waals surface area (Å²) in [6.07, 6.45) is 0. The number of nitrogens with zero attached hydrogens (tertiary/aromatic N) is 1. The van der Waals surface area contributed by atoms with Crippen molar-refractivity contribution in [2.75, 3.05) is 7.05 Å². The lowest BCUT2D eigenvalue weighted by atomic mass is 9.67. The van der Waals surface area contributed by atoms with Gasteiger partial charge in [-0.05, 0) is 73.8 Å². The van der Waals surface area contributed by atoms with E-state index in [1.165, 1.54) is 66.8 Å². The highest BCUT2D eigenvalue weighted by Crippen LogP contribution is 2.56. The van der Waals surface area contributed by atoms with Gasteiger partial charge in [0.05, 0.1) is 5.41 Å². The Morgan fingerprint density at radius 2 is 0.750 bits per heavy atom. The Morgan fingerprint density at radius 3 is 1.27 bits per heavy atom. The molecule has 0 aromatic heterocycles. The summed E-state index contributed by atoms with van der Waals surface area (Å²) < 4.78 is 0. The molecule has 8 rings (SSSR count). The van der Waals surface area contributed by atoms with Crippen molar-refractivity contribution in [2.45, 2.75) is 121 Å². The van der Waals surface area contributed by atoms with Crippen molar-refractivity contribution in [2.24, 2.45) is 0 Å². The Morgan fingerprint density at radius 1 is 0.357 bits per heavy atom. The third-order valence-electron chi connectivity index (χ3n) is 10.1. The fourth-order valence-electron chi connectivity index (χ4n) is 8.14. The molecule has 1 heteroatoms. The third-order valence-corrected chi connectivity index (χ3v) is 10.1. The summed E-state index contributed by atoms with van der Waals surface area (Å²) >= 11 is 0. The monoisotopic (exact) mass is 748 g/mol. The summed E-state index contributed by atoms with van der Waals surface area (Å²) in [5, 5.41) is 0. The van der Waals surface area contributed by atoms with Crippen LogP contribution in [0.3, 0.4) is 0 Å². The fourth-order valence-corrected chi connectivity index (χ4v) is 8.14. The lowest BCUT2D eigenvalue weighted by molar-refractivity contribution is 0.319. The zero-order chi connectivity index (χ0) is 41.9. The van der Waals surface area contributed by atoms with Gasteiger partial charge in [-0.2, -0.15) is 0 Å². The normalized spacial score (nSPS) is 12.4. The second-order valence-corrected chi connectivity index (χ2v) is 13.1. The molecule has 2 aliphatic rings. The van der Waals surface area contributed by atoms with Crippen LogP contribution in [0, 0.1) is 0 Å². The van der Waals surface area contributed by atoms with Gasteiger partial charge in [0.2, 0.25) is 0 Å². The number of hydrogen-bond donors (Lipinski definition) is 0. The molecule has 0 fully saturated rings. The first kappa shape index (κ1) is 47.4. The Balaban J connectivity index is 0.000000829. The standard InChI is InChI=1S/C43H37N.6C2H6/c1-42(2)38-21-10-7-18-34(38)37-25-24-31(27-41(37)42)29-44(3)28-30-14-13-17-33(26-30)43(32-15-5-4-6-16-32)39-22-11-8-19-35(39)36-20-9-12-23-40(36)43;6*1-2/h4-27H,28-29H2,1-3H3;6*1-2H3. The first-order valence-electron chi connectivity index (χ1n) is 21.7. The van der Waals surface area contributed by atoms with E-state index in [0.717, 1.165) is 13.1 Å². The van der Waals surface area contributed by atoms with E-state index in [0.29, 0.717) is 0 Å². The van der Waals surface area contributed by atoms with Gasteiger partial charge in [-0.25, -0.2) is 0 Å². The quantitative estimate of drug-likeness (QED) is 0.164. The summed E-state index contributed by atoms with van der Waals surface area (Å²) in [6.45, 7) is 30.5. The molecule has 0 amide bonds. The molecule has 298 valence electrons. The van der Waals surface area contributed by atoms with Gasteiger partial charge in [-0.3, -0.25) is 4.90 Å². The molecule has 0 heterocycles. The molecule has 6 aromatic rings. The van der Waals surface area contributed by atoms with E-state index in [9.17, 15) is 0 Å². The van der Waals surface area contributed by atoms with Gasteiger partial charge in [0.15, 0.2) is 0 Å². The third kappa shape index (κ3) is 9.28. The first-order valence-corrected chi connectivity index (χ1v) is 21.7. The fraction of sp³-hybridized carbons (Fsp3) is 0.345. The smallest absolute Gasteiger partial charge is 0.0713 e. The molecule has 1 nitrogen and oxygen atoms in total. The highest BCUT2D eigenvalue weighted by Gasteiger charge is 2.45. The molecule has 0 saturated heterocycles. The van der Waals surface area contributed by atoms with Gasteiger partial charge in [-0.1, -0.05) is 243 Å². The summed E-state index contributed by atoms with van der Waals surface area (Å²) in [5.74, 6) is 0. The zero-order valence-corrected chi connectivity index (χ0v) is 37.7.